The normalized spacial score (nSPS) is 11.8. The zero-order valence-electron chi connectivity index (χ0n) is 13.3. The van der Waals surface area contributed by atoms with Gasteiger partial charge in [-0.1, -0.05) is 53.5 Å². The van der Waals surface area contributed by atoms with Gasteiger partial charge in [-0.25, -0.2) is 0 Å². The Morgan fingerprint density at radius 2 is 1.76 bits per heavy atom. The van der Waals surface area contributed by atoms with Crippen LogP contribution in [-0.2, 0) is 11.2 Å². The van der Waals surface area contributed by atoms with Crippen LogP contribution >= 0.6 is 23.2 Å². The van der Waals surface area contributed by atoms with Crippen molar-refractivity contribution in [3.05, 3.63) is 94.2 Å². The number of nitrogens with zero attached hydrogens (tertiary/aromatic N) is 1. The Bertz CT molecular complexity index is 851. The van der Waals surface area contributed by atoms with E-state index in [0.717, 1.165) is 11.1 Å². The zero-order chi connectivity index (χ0) is 17.6. The number of hydrogen-bond donors (Lipinski definition) is 1. The Morgan fingerprint density at radius 3 is 2.44 bits per heavy atom. The molecule has 3 nitrogen and oxygen atoms in total. The van der Waals surface area contributed by atoms with Crippen LogP contribution in [0, 0.1) is 0 Å². The second kappa shape index (κ2) is 8.15. The third-order valence-electron chi connectivity index (χ3n) is 3.88. The van der Waals surface area contributed by atoms with E-state index in [1.54, 1.807) is 36.7 Å². The van der Waals surface area contributed by atoms with E-state index in [1.165, 1.54) is 0 Å². The smallest absolute Gasteiger partial charge is 0.232 e. The van der Waals surface area contributed by atoms with Gasteiger partial charge in [0.25, 0.3) is 0 Å². The number of para-hydroxylation sites is 1. The Kier molecular flexibility index (Phi) is 5.69. The van der Waals surface area contributed by atoms with E-state index in [-0.39, 0.29) is 11.8 Å². The summed E-state index contributed by atoms with van der Waals surface area (Å²) in [5.41, 5.74) is 2.47. The van der Waals surface area contributed by atoms with Crippen molar-refractivity contribution in [2.24, 2.45) is 0 Å². The summed E-state index contributed by atoms with van der Waals surface area (Å²) in [7, 11) is 0. The number of pyridine rings is 1. The maximum absolute atomic E-state index is 12.9. The molecule has 1 heterocycles. The minimum Gasteiger partial charge on any atom is -0.324 e. The van der Waals surface area contributed by atoms with Gasteiger partial charge in [0.05, 0.1) is 16.6 Å². The van der Waals surface area contributed by atoms with Crippen molar-refractivity contribution in [3.8, 4) is 0 Å². The van der Waals surface area contributed by atoms with E-state index in [1.807, 2.05) is 36.4 Å². The van der Waals surface area contributed by atoms with Crippen LogP contribution in [0.4, 0.5) is 5.69 Å². The molecule has 2 aromatic carbocycles. The first-order valence-electron chi connectivity index (χ1n) is 7.83. The number of benzene rings is 2. The van der Waals surface area contributed by atoms with Gasteiger partial charge in [0.1, 0.15) is 0 Å². The largest absolute Gasteiger partial charge is 0.324 e. The maximum atomic E-state index is 12.9. The van der Waals surface area contributed by atoms with Gasteiger partial charge >= 0.3 is 0 Å². The van der Waals surface area contributed by atoms with Gasteiger partial charge in [0.15, 0.2) is 0 Å². The highest BCUT2D eigenvalue weighted by Crippen LogP contribution is 2.27. The first-order valence-corrected chi connectivity index (χ1v) is 8.59. The fraction of sp³-hybridized carbons (Fsp3) is 0.100. The molecule has 0 radical (unpaired) electrons. The fourth-order valence-corrected chi connectivity index (χ4v) is 2.90. The number of aromatic nitrogens is 1. The Labute approximate surface area is 156 Å². The quantitative estimate of drug-likeness (QED) is 0.657. The molecule has 1 N–H and O–H groups in total. The molecular formula is C20H16Cl2N2O. The van der Waals surface area contributed by atoms with Crippen LogP contribution in [0.15, 0.2) is 73.1 Å². The van der Waals surface area contributed by atoms with E-state index < -0.39 is 0 Å². The third-order valence-corrected chi connectivity index (χ3v) is 4.46. The molecule has 0 saturated heterocycles. The predicted molar refractivity (Wildman–Crippen MR) is 102 cm³/mol. The number of amides is 1. The molecule has 1 atom stereocenters. The molecule has 3 rings (SSSR count). The second-order valence-electron chi connectivity index (χ2n) is 5.64. The Hall–Kier alpha value is -2.36. The Balaban J connectivity index is 1.88. The molecule has 25 heavy (non-hydrogen) atoms. The van der Waals surface area contributed by atoms with Crippen molar-refractivity contribution in [2.45, 2.75) is 12.3 Å². The molecule has 3 aromatic rings. The van der Waals surface area contributed by atoms with Gasteiger partial charge in [-0.2, -0.15) is 0 Å². The molecule has 5 heteroatoms. The van der Waals surface area contributed by atoms with Gasteiger partial charge in [-0.3, -0.25) is 9.78 Å². The molecule has 0 spiro atoms. The lowest BCUT2D eigenvalue weighted by atomic mass is 9.91. The van der Waals surface area contributed by atoms with Crippen LogP contribution in [0.1, 0.15) is 17.0 Å². The molecule has 1 aromatic heterocycles. The summed E-state index contributed by atoms with van der Waals surface area (Å²) in [6, 6.07) is 18.3. The zero-order valence-corrected chi connectivity index (χ0v) is 14.8. The number of nitrogens with one attached hydrogen (secondary N) is 1. The van der Waals surface area contributed by atoms with Gasteiger partial charge < -0.3 is 5.32 Å². The average molecular weight is 371 g/mol. The minimum absolute atomic E-state index is 0.126. The third kappa shape index (κ3) is 4.59. The molecule has 0 aliphatic carbocycles. The number of anilines is 1. The monoisotopic (exact) mass is 370 g/mol. The van der Waals surface area contributed by atoms with Crippen LogP contribution in [0.5, 0.6) is 0 Å². The second-order valence-corrected chi connectivity index (χ2v) is 6.48. The summed E-state index contributed by atoms with van der Waals surface area (Å²) < 4.78 is 0. The highest BCUT2D eigenvalue weighted by molar-refractivity contribution is 6.33. The standard InChI is InChI=1S/C20H16Cl2N2O/c21-16-9-7-15(8-10-16)17(12-14-4-3-11-23-13-14)20(25)24-19-6-2-1-5-18(19)22/h1-11,13,17H,12H2,(H,24,25). The molecule has 1 unspecified atom stereocenters. The molecule has 0 aliphatic heterocycles. The van der Waals surface area contributed by atoms with E-state index >= 15 is 0 Å². The van der Waals surface area contributed by atoms with Crippen molar-refractivity contribution in [2.75, 3.05) is 5.32 Å². The van der Waals surface area contributed by atoms with E-state index in [9.17, 15) is 4.79 Å². The summed E-state index contributed by atoms with van der Waals surface area (Å²) in [6.07, 6.45) is 4.02. The summed E-state index contributed by atoms with van der Waals surface area (Å²) in [5, 5.41) is 4.06. The van der Waals surface area contributed by atoms with Crippen molar-refractivity contribution < 1.29 is 4.79 Å². The average Bonchev–Trinajstić information content (AvgIpc) is 2.63. The SMILES string of the molecule is O=C(Nc1ccccc1Cl)C(Cc1cccnc1)c1ccc(Cl)cc1. The number of carbonyl (C=O) groups excluding carboxylic acids is 1. The van der Waals surface area contributed by atoms with E-state index in [4.69, 9.17) is 23.2 Å². The summed E-state index contributed by atoms with van der Waals surface area (Å²) in [5.74, 6) is -0.503. The van der Waals surface area contributed by atoms with Crippen LogP contribution in [0.25, 0.3) is 0 Å². The van der Waals surface area contributed by atoms with Crippen molar-refractivity contribution >= 4 is 34.8 Å². The molecule has 0 fully saturated rings. The summed E-state index contributed by atoms with van der Waals surface area (Å²) in [6.45, 7) is 0. The molecule has 0 bridgehead atoms. The van der Waals surface area contributed by atoms with Crippen LogP contribution in [0.3, 0.4) is 0 Å². The van der Waals surface area contributed by atoms with Crippen LogP contribution in [0.2, 0.25) is 10.0 Å². The number of hydrogen-bond acceptors (Lipinski definition) is 2. The molecule has 1 amide bonds. The van der Waals surface area contributed by atoms with Gasteiger partial charge in [0.2, 0.25) is 5.91 Å². The lowest BCUT2D eigenvalue weighted by Crippen LogP contribution is -2.23. The number of carbonyl (C=O) groups is 1. The number of halogens is 2. The van der Waals surface area contributed by atoms with Gasteiger partial charge in [-0.15, -0.1) is 0 Å². The van der Waals surface area contributed by atoms with Gasteiger partial charge in [0, 0.05) is 17.4 Å². The molecule has 0 aliphatic rings. The van der Waals surface area contributed by atoms with Gasteiger partial charge in [-0.05, 0) is 47.9 Å². The lowest BCUT2D eigenvalue weighted by Gasteiger charge is -2.18. The van der Waals surface area contributed by atoms with E-state index in [0.29, 0.717) is 22.2 Å². The maximum Gasteiger partial charge on any atom is 0.232 e. The van der Waals surface area contributed by atoms with E-state index in [2.05, 4.69) is 10.3 Å². The molecule has 126 valence electrons. The molecular weight excluding hydrogens is 355 g/mol. The topological polar surface area (TPSA) is 42.0 Å². The van der Waals surface area contributed by atoms with Crippen LogP contribution < -0.4 is 5.32 Å². The predicted octanol–water partition coefficient (Wildman–Crippen LogP) is 5.35. The summed E-state index contributed by atoms with van der Waals surface area (Å²) >= 11 is 12.1. The highest BCUT2D eigenvalue weighted by atomic mass is 35.5. The lowest BCUT2D eigenvalue weighted by molar-refractivity contribution is -0.117. The fourth-order valence-electron chi connectivity index (χ4n) is 2.59. The Morgan fingerprint density at radius 1 is 1.00 bits per heavy atom. The highest BCUT2D eigenvalue weighted by Gasteiger charge is 2.22. The van der Waals surface area contributed by atoms with Crippen molar-refractivity contribution in [1.29, 1.82) is 0 Å². The molecule has 0 saturated carbocycles. The van der Waals surface area contributed by atoms with Crippen LogP contribution in [-0.4, -0.2) is 10.9 Å². The van der Waals surface area contributed by atoms with Crippen molar-refractivity contribution in [3.63, 3.8) is 0 Å². The number of rotatable bonds is 5. The minimum atomic E-state index is -0.377. The first-order chi connectivity index (χ1) is 12.1. The first kappa shape index (κ1) is 17.5. The summed E-state index contributed by atoms with van der Waals surface area (Å²) in [4.78, 5) is 17.1. The van der Waals surface area contributed by atoms with Crippen molar-refractivity contribution in [1.82, 2.24) is 4.98 Å².